The molecule has 0 aromatic carbocycles. The minimum atomic E-state index is -0.157. The fourth-order valence-corrected chi connectivity index (χ4v) is 2.72. The van der Waals surface area contributed by atoms with Crippen LogP contribution in [0.2, 0.25) is 0 Å². The van der Waals surface area contributed by atoms with Gasteiger partial charge >= 0.3 is 0 Å². The summed E-state index contributed by atoms with van der Waals surface area (Å²) in [5.74, 6) is -0.261. The van der Waals surface area contributed by atoms with E-state index in [4.69, 9.17) is 0 Å². The Bertz CT molecular complexity index is 732. The third kappa shape index (κ3) is 2.84. The third-order valence-corrected chi connectivity index (χ3v) is 3.89. The van der Waals surface area contributed by atoms with Crippen LogP contribution in [0.25, 0.3) is 0 Å². The number of piperazine rings is 1. The zero-order chi connectivity index (χ0) is 16.6. The molecule has 2 aromatic heterocycles. The molecule has 1 aliphatic heterocycles. The van der Waals surface area contributed by atoms with Gasteiger partial charge in [-0.2, -0.15) is 10.2 Å². The molecule has 1 aliphatic rings. The van der Waals surface area contributed by atoms with E-state index in [1.165, 1.54) is 0 Å². The number of aromatic nitrogens is 4. The average molecular weight is 316 g/mol. The van der Waals surface area contributed by atoms with Crippen LogP contribution in [0.1, 0.15) is 30.4 Å². The smallest absolute Gasteiger partial charge is 0.272 e. The molecule has 8 heteroatoms. The van der Waals surface area contributed by atoms with Gasteiger partial charge in [0.15, 0.2) is 0 Å². The van der Waals surface area contributed by atoms with E-state index < -0.39 is 0 Å². The lowest BCUT2D eigenvalue weighted by Gasteiger charge is -2.33. The number of anilines is 1. The normalized spacial score (nSPS) is 15.6. The van der Waals surface area contributed by atoms with Crippen molar-refractivity contribution in [2.24, 2.45) is 7.05 Å². The average Bonchev–Trinajstić information content (AvgIpc) is 3.15. The minimum absolute atomic E-state index is 0.0665. The predicted octanol–water partition coefficient (Wildman–Crippen LogP) is 0.686. The van der Waals surface area contributed by atoms with Gasteiger partial charge in [-0.1, -0.05) is 0 Å². The summed E-state index contributed by atoms with van der Waals surface area (Å²) < 4.78 is 3.33. The van der Waals surface area contributed by atoms with Crippen molar-refractivity contribution in [3.8, 4) is 0 Å². The van der Waals surface area contributed by atoms with Crippen molar-refractivity contribution in [1.82, 2.24) is 24.5 Å². The van der Waals surface area contributed by atoms with Crippen LogP contribution in [0.5, 0.6) is 0 Å². The van der Waals surface area contributed by atoms with Gasteiger partial charge in [-0.3, -0.25) is 19.0 Å². The summed E-state index contributed by atoms with van der Waals surface area (Å²) in [6.07, 6.45) is 5.06. The molecule has 23 heavy (non-hydrogen) atoms. The maximum Gasteiger partial charge on any atom is 0.272 e. The lowest BCUT2D eigenvalue weighted by molar-refractivity contribution is -0.120. The first kappa shape index (κ1) is 15.3. The zero-order valence-corrected chi connectivity index (χ0v) is 13.5. The molecule has 0 saturated carbocycles. The Morgan fingerprint density at radius 3 is 2.65 bits per heavy atom. The second kappa shape index (κ2) is 5.86. The highest BCUT2D eigenvalue weighted by atomic mass is 16.2. The Morgan fingerprint density at radius 2 is 2.04 bits per heavy atom. The van der Waals surface area contributed by atoms with Crippen LogP contribution in [-0.2, 0) is 11.8 Å². The molecule has 3 heterocycles. The molecule has 1 fully saturated rings. The molecule has 0 N–H and O–H groups in total. The monoisotopic (exact) mass is 316 g/mol. The van der Waals surface area contributed by atoms with Gasteiger partial charge in [0.05, 0.1) is 11.9 Å². The molecule has 0 atom stereocenters. The highest BCUT2D eigenvalue weighted by molar-refractivity contribution is 6.00. The number of carbonyl (C=O) groups excluding carboxylic acids is 2. The van der Waals surface area contributed by atoms with E-state index in [1.54, 1.807) is 50.9 Å². The van der Waals surface area contributed by atoms with E-state index in [1.807, 2.05) is 13.8 Å². The van der Waals surface area contributed by atoms with E-state index in [2.05, 4.69) is 10.2 Å². The molecule has 0 aliphatic carbocycles. The molecule has 0 spiro atoms. The molecule has 0 radical (unpaired) electrons. The molecule has 2 aromatic rings. The van der Waals surface area contributed by atoms with Gasteiger partial charge in [-0.05, 0) is 19.9 Å². The fraction of sp³-hybridized carbons (Fsp3) is 0.467. The van der Waals surface area contributed by atoms with E-state index in [0.29, 0.717) is 18.8 Å². The topological polar surface area (TPSA) is 76.3 Å². The molecule has 122 valence electrons. The van der Waals surface area contributed by atoms with Crippen LogP contribution in [0.15, 0.2) is 24.7 Å². The van der Waals surface area contributed by atoms with Gasteiger partial charge in [-0.15, -0.1) is 0 Å². The van der Waals surface area contributed by atoms with Gasteiger partial charge in [0.1, 0.15) is 12.2 Å². The minimum Gasteiger partial charge on any atom is -0.326 e. The van der Waals surface area contributed by atoms with Crippen molar-refractivity contribution >= 4 is 17.5 Å². The molecule has 1 saturated heterocycles. The van der Waals surface area contributed by atoms with Crippen molar-refractivity contribution in [3.63, 3.8) is 0 Å². The number of amides is 2. The summed E-state index contributed by atoms with van der Waals surface area (Å²) in [6, 6.07) is 1.79. The maximum atomic E-state index is 12.7. The SMILES string of the molecule is CC(C)n1nccc1C(=O)N1CCN(c2cnn(C)c2)C(=O)C1. The van der Waals surface area contributed by atoms with Gasteiger partial charge in [0.25, 0.3) is 5.91 Å². The van der Waals surface area contributed by atoms with Crippen LogP contribution < -0.4 is 4.90 Å². The Kier molecular flexibility index (Phi) is 3.89. The summed E-state index contributed by atoms with van der Waals surface area (Å²) in [5.41, 5.74) is 1.28. The standard InChI is InChI=1S/C15H20N6O2/c1-11(2)21-13(4-5-16-21)15(23)19-6-7-20(14(22)10-19)12-8-17-18(3)9-12/h4-5,8-9,11H,6-7,10H2,1-3H3. The van der Waals surface area contributed by atoms with Gasteiger partial charge in [0, 0.05) is 38.6 Å². The summed E-state index contributed by atoms with van der Waals surface area (Å²) in [4.78, 5) is 28.3. The highest BCUT2D eigenvalue weighted by Crippen LogP contribution is 2.18. The van der Waals surface area contributed by atoms with Crippen molar-refractivity contribution < 1.29 is 9.59 Å². The van der Waals surface area contributed by atoms with Gasteiger partial charge < -0.3 is 9.80 Å². The molecule has 3 rings (SSSR count). The Hall–Kier alpha value is -2.64. The number of aryl methyl sites for hydroxylation is 1. The molecule has 2 amide bonds. The number of hydrogen-bond acceptors (Lipinski definition) is 4. The zero-order valence-electron chi connectivity index (χ0n) is 13.5. The van der Waals surface area contributed by atoms with Crippen LogP contribution in [0.3, 0.4) is 0 Å². The summed E-state index contributed by atoms with van der Waals surface area (Å²) in [7, 11) is 1.81. The third-order valence-electron chi connectivity index (χ3n) is 3.89. The largest absolute Gasteiger partial charge is 0.326 e. The molecule has 0 unspecified atom stereocenters. The van der Waals surface area contributed by atoms with Crippen LogP contribution >= 0.6 is 0 Å². The van der Waals surface area contributed by atoms with Crippen molar-refractivity contribution in [2.45, 2.75) is 19.9 Å². The molecular weight excluding hydrogens is 296 g/mol. The second-order valence-corrected chi connectivity index (χ2v) is 5.90. The Labute approximate surface area is 134 Å². The first-order valence-corrected chi connectivity index (χ1v) is 7.59. The Morgan fingerprint density at radius 1 is 1.26 bits per heavy atom. The second-order valence-electron chi connectivity index (χ2n) is 5.90. The van der Waals surface area contributed by atoms with Gasteiger partial charge in [0.2, 0.25) is 5.91 Å². The number of hydrogen-bond donors (Lipinski definition) is 0. The number of rotatable bonds is 3. The van der Waals surface area contributed by atoms with E-state index in [9.17, 15) is 9.59 Å². The van der Waals surface area contributed by atoms with Gasteiger partial charge in [-0.25, -0.2) is 0 Å². The molecular formula is C15H20N6O2. The first-order valence-electron chi connectivity index (χ1n) is 7.59. The number of carbonyl (C=O) groups is 2. The number of nitrogens with zero attached hydrogens (tertiary/aromatic N) is 6. The van der Waals surface area contributed by atoms with Crippen molar-refractivity contribution in [3.05, 3.63) is 30.4 Å². The highest BCUT2D eigenvalue weighted by Gasteiger charge is 2.30. The lowest BCUT2D eigenvalue weighted by Crippen LogP contribution is -2.52. The lowest BCUT2D eigenvalue weighted by atomic mass is 10.2. The van der Waals surface area contributed by atoms with E-state index in [-0.39, 0.29) is 24.4 Å². The molecule has 8 nitrogen and oxygen atoms in total. The van der Waals surface area contributed by atoms with E-state index >= 15 is 0 Å². The quantitative estimate of drug-likeness (QED) is 0.835. The van der Waals surface area contributed by atoms with Crippen molar-refractivity contribution in [2.75, 3.05) is 24.5 Å². The van der Waals surface area contributed by atoms with Crippen molar-refractivity contribution in [1.29, 1.82) is 0 Å². The first-order chi connectivity index (χ1) is 11.0. The summed E-state index contributed by atoms with van der Waals surface area (Å²) in [6.45, 7) is 4.95. The van der Waals surface area contributed by atoms with E-state index in [0.717, 1.165) is 5.69 Å². The fourth-order valence-electron chi connectivity index (χ4n) is 2.72. The summed E-state index contributed by atoms with van der Waals surface area (Å²) in [5, 5.41) is 8.26. The summed E-state index contributed by atoms with van der Waals surface area (Å²) >= 11 is 0. The van der Waals surface area contributed by atoms with Crippen LogP contribution in [0, 0.1) is 0 Å². The maximum absolute atomic E-state index is 12.7. The van der Waals surface area contributed by atoms with Crippen LogP contribution in [-0.4, -0.2) is 55.9 Å². The van der Waals surface area contributed by atoms with Crippen LogP contribution in [0.4, 0.5) is 5.69 Å². The predicted molar refractivity (Wildman–Crippen MR) is 84.1 cm³/mol. The Balaban J connectivity index is 1.73. The molecule has 0 bridgehead atoms.